The fraction of sp³-hybridized carbons (Fsp3) is 0.400. The number of nitrogens with one attached hydrogen (secondary N) is 1. The maximum atomic E-state index is 13.5. The van der Waals surface area contributed by atoms with Crippen LogP contribution in [0.2, 0.25) is 5.02 Å². The minimum absolute atomic E-state index is 0.193. The standard InChI is InChI=1S/C25H25ClN2O4/c1-32-20-10-9-17(26)13-18(20)27-23(29)19(11-14-5-3-2-4-6-14)28-24(30)21-15-7-8-16(12-15)22(21)25(28)31/h2-6,9-10,13,15-16,19,21-22H,7-8,11-12H2,1H3,(H,27,29)/t15-,16+,19-,21-,22+/m1/s1. The third-order valence-corrected chi connectivity index (χ3v) is 7.50. The Morgan fingerprint density at radius 2 is 1.75 bits per heavy atom. The van der Waals surface area contributed by atoms with Crippen LogP contribution in [0.15, 0.2) is 48.5 Å². The number of fused-ring (bicyclic) bond motifs is 5. The number of rotatable bonds is 6. The second-order valence-corrected chi connectivity index (χ2v) is 9.41. The molecule has 2 aliphatic carbocycles. The van der Waals surface area contributed by atoms with Gasteiger partial charge in [-0.05, 0) is 54.9 Å². The molecule has 5 rings (SSSR count). The Bertz CT molecular complexity index is 1040. The number of ether oxygens (including phenoxy) is 1. The fourth-order valence-electron chi connectivity index (χ4n) is 5.87. The highest BCUT2D eigenvalue weighted by Crippen LogP contribution is 2.56. The molecule has 2 bridgehead atoms. The van der Waals surface area contributed by atoms with Crippen molar-refractivity contribution in [2.75, 3.05) is 12.4 Å². The maximum absolute atomic E-state index is 13.5. The minimum Gasteiger partial charge on any atom is -0.495 e. The van der Waals surface area contributed by atoms with Crippen molar-refractivity contribution in [3.63, 3.8) is 0 Å². The van der Waals surface area contributed by atoms with E-state index in [1.807, 2.05) is 30.3 Å². The van der Waals surface area contributed by atoms with Crippen LogP contribution in [0.25, 0.3) is 0 Å². The molecule has 1 saturated heterocycles. The molecule has 7 heteroatoms. The van der Waals surface area contributed by atoms with Gasteiger partial charge in [-0.3, -0.25) is 19.3 Å². The first-order valence-electron chi connectivity index (χ1n) is 11.0. The molecular formula is C25H25ClN2O4. The summed E-state index contributed by atoms with van der Waals surface area (Å²) in [6.07, 6.45) is 3.19. The average molecular weight is 453 g/mol. The van der Waals surface area contributed by atoms with Crippen LogP contribution >= 0.6 is 11.6 Å². The Morgan fingerprint density at radius 3 is 2.38 bits per heavy atom. The van der Waals surface area contributed by atoms with Crippen LogP contribution in [0.1, 0.15) is 24.8 Å². The number of imide groups is 1. The van der Waals surface area contributed by atoms with Crippen LogP contribution in [-0.4, -0.2) is 35.8 Å². The highest BCUT2D eigenvalue weighted by Gasteiger charge is 2.62. The lowest BCUT2D eigenvalue weighted by Crippen LogP contribution is -2.49. The van der Waals surface area contributed by atoms with Crippen molar-refractivity contribution in [1.29, 1.82) is 0 Å². The number of likely N-dealkylation sites (tertiary alicyclic amines) is 1. The highest BCUT2D eigenvalue weighted by atomic mass is 35.5. The number of hydrogen-bond donors (Lipinski definition) is 1. The minimum atomic E-state index is -0.939. The molecule has 0 radical (unpaired) electrons. The summed E-state index contributed by atoms with van der Waals surface area (Å²) < 4.78 is 5.34. The van der Waals surface area contributed by atoms with E-state index in [0.29, 0.717) is 16.5 Å². The van der Waals surface area contributed by atoms with Crippen LogP contribution in [0, 0.1) is 23.7 Å². The van der Waals surface area contributed by atoms with Crippen LogP contribution < -0.4 is 10.1 Å². The van der Waals surface area contributed by atoms with Crippen molar-refractivity contribution in [2.45, 2.75) is 31.7 Å². The molecule has 3 amide bonds. The third-order valence-electron chi connectivity index (χ3n) is 7.27. The van der Waals surface area contributed by atoms with Crippen LogP contribution in [-0.2, 0) is 20.8 Å². The first-order valence-corrected chi connectivity index (χ1v) is 11.4. The molecule has 3 aliphatic rings. The van der Waals surface area contributed by atoms with Crippen LogP contribution in [0.5, 0.6) is 5.75 Å². The largest absolute Gasteiger partial charge is 0.495 e. The average Bonchev–Trinajstić information content (AvgIpc) is 3.47. The number of benzene rings is 2. The topological polar surface area (TPSA) is 75.7 Å². The molecule has 166 valence electrons. The van der Waals surface area contributed by atoms with Gasteiger partial charge in [-0.25, -0.2) is 0 Å². The Kier molecular flexibility index (Phi) is 5.41. The number of halogens is 1. The summed E-state index contributed by atoms with van der Waals surface area (Å²) >= 11 is 6.12. The van der Waals surface area contributed by atoms with Crippen molar-refractivity contribution in [3.05, 3.63) is 59.1 Å². The molecule has 2 aromatic carbocycles. The van der Waals surface area contributed by atoms with Gasteiger partial charge in [0, 0.05) is 11.4 Å². The predicted octanol–water partition coefficient (Wildman–Crippen LogP) is 3.93. The Morgan fingerprint density at radius 1 is 1.09 bits per heavy atom. The van der Waals surface area contributed by atoms with Crippen molar-refractivity contribution in [3.8, 4) is 5.75 Å². The number of carbonyl (C=O) groups excluding carboxylic acids is 3. The molecule has 2 aromatic rings. The summed E-state index contributed by atoms with van der Waals surface area (Å²) in [4.78, 5) is 41.6. The zero-order chi connectivity index (χ0) is 22.4. The van der Waals surface area contributed by atoms with Gasteiger partial charge in [0.2, 0.25) is 17.7 Å². The monoisotopic (exact) mass is 452 g/mol. The second-order valence-electron chi connectivity index (χ2n) is 8.97. The Hall–Kier alpha value is -2.86. The van der Waals surface area contributed by atoms with Gasteiger partial charge >= 0.3 is 0 Å². The van der Waals surface area contributed by atoms with E-state index in [1.54, 1.807) is 18.2 Å². The number of carbonyl (C=O) groups is 3. The summed E-state index contributed by atoms with van der Waals surface area (Å²) in [7, 11) is 1.50. The lowest BCUT2D eigenvalue weighted by Gasteiger charge is -2.27. The highest BCUT2D eigenvalue weighted by molar-refractivity contribution is 6.31. The lowest BCUT2D eigenvalue weighted by molar-refractivity contribution is -0.147. The lowest BCUT2D eigenvalue weighted by atomic mass is 9.81. The number of anilines is 1. The van der Waals surface area contributed by atoms with E-state index in [-0.39, 0.29) is 41.9 Å². The van der Waals surface area contributed by atoms with E-state index >= 15 is 0 Å². The molecule has 2 saturated carbocycles. The van der Waals surface area contributed by atoms with Gasteiger partial charge in [0.1, 0.15) is 11.8 Å². The molecule has 0 aromatic heterocycles. The summed E-state index contributed by atoms with van der Waals surface area (Å²) in [5.74, 6) is -0.373. The first-order chi connectivity index (χ1) is 15.5. The zero-order valence-corrected chi connectivity index (χ0v) is 18.5. The van der Waals surface area contributed by atoms with Gasteiger partial charge in [0.15, 0.2) is 0 Å². The van der Waals surface area contributed by atoms with Crippen LogP contribution in [0.3, 0.4) is 0 Å². The van der Waals surface area contributed by atoms with E-state index in [0.717, 1.165) is 24.8 Å². The normalized spacial score (nSPS) is 26.9. The summed E-state index contributed by atoms with van der Waals surface area (Å²) in [5.41, 5.74) is 1.29. The van der Waals surface area contributed by atoms with E-state index in [9.17, 15) is 14.4 Å². The summed E-state index contributed by atoms with van der Waals surface area (Å²) in [6, 6.07) is 13.4. The van der Waals surface area contributed by atoms with Gasteiger partial charge in [-0.2, -0.15) is 0 Å². The van der Waals surface area contributed by atoms with Gasteiger partial charge < -0.3 is 10.1 Å². The molecule has 0 spiro atoms. The second kappa shape index (κ2) is 8.24. The van der Waals surface area contributed by atoms with Gasteiger partial charge in [0.25, 0.3) is 0 Å². The summed E-state index contributed by atoms with van der Waals surface area (Å²) in [5, 5.41) is 3.29. The molecular weight excluding hydrogens is 428 g/mol. The van der Waals surface area contributed by atoms with Crippen LogP contribution in [0.4, 0.5) is 5.69 Å². The molecule has 1 aliphatic heterocycles. The van der Waals surface area contributed by atoms with Crippen molar-refractivity contribution in [1.82, 2.24) is 4.90 Å². The molecule has 1 heterocycles. The Labute approximate surface area is 191 Å². The smallest absolute Gasteiger partial charge is 0.248 e. The molecule has 5 atom stereocenters. The molecule has 0 unspecified atom stereocenters. The van der Waals surface area contributed by atoms with Crippen molar-refractivity contribution >= 4 is 35.0 Å². The summed E-state index contributed by atoms with van der Waals surface area (Å²) in [6.45, 7) is 0. The van der Waals surface area contributed by atoms with E-state index in [2.05, 4.69) is 5.32 Å². The zero-order valence-electron chi connectivity index (χ0n) is 17.8. The molecule has 3 fully saturated rings. The molecule has 32 heavy (non-hydrogen) atoms. The van der Waals surface area contributed by atoms with Crippen molar-refractivity contribution in [2.24, 2.45) is 23.7 Å². The molecule has 6 nitrogen and oxygen atoms in total. The van der Waals surface area contributed by atoms with E-state index in [4.69, 9.17) is 16.3 Å². The fourth-order valence-corrected chi connectivity index (χ4v) is 6.04. The Balaban J connectivity index is 1.47. The van der Waals surface area contributed by atoms with Gasteiger partial charge in [0.05, 0.1) is 24.6 Å². The quantitative estimate of drug-likeness (QED) is 0.674. The van der Waals surface area contributed by atoms with Gasteiger partial charge in [-0.1, -0.05) is 41.9 Å². The maximum Gasteiger partial charge on any atom is 0.248 e. The van der Waals surface area contributed by atoms with E-state index in [1.165, 1.54) is 12.0 Å². The molecule has 1 N–H and O–H groups in total. The first kappa shape index (κ1) is 21.0. The van der Waals surface area contributed by atoms with E-state index < -0.39 is 11.9 Å². The number of amides is 3. The number of hydrogen-bond acceptors (Lipinski definition) is 4. The number of methoxy groups -OCH3 is 1. The predicted molar refractivity (Wildman–Crippen MR) is 120 cm³/mol. The van der Waals surface area contributed by atoms with Gasteiger partial charge in [-0.15, -0.1) is 0 Å². The van der Waals surface area contributed by atoms with Crippen molar-refractivity contribution < 1.29 is 19.1 Å². The third kappa shape index (κ3) is 3.47. The SMILES string of the molecule is COc1ccc(Cl)cc1NC(=O)[C@@H](Cc1ccccc1)N1C(=O)[C@@H]2[C@@H]3CC[C@@H](C3)[C@@H]2C1=O. The number of nitrogens with zero attached hydrogens (tertiary/aromatic N) is 1.